The summed E-state index contributed by atoms with van der Waals surface area (Å²) in [5.74, 6) is 0.371. The molecule has 1 amide bonds. The summed E-state index contributed by atoms with van der Waals surface area (Å²) >= 11 is 1.81. The molecular formula is C22H22N2O3S. The van der Waals surface area contributed by atoms with Gasteiger partial charge in [0.1, 0.15) is 0 Å². The molecule has 0 saturated carbocycles. The van der Waals surface area contributed by atoms with E-state index in [0.717, 1.165) is 18.4 Å². The summed E-state index contributed by atoms with van der Waals surface area (Å²) in [6.45, 7) is 1.97. The molecule has 1 aliphatic rings. The van der Waals surface area contributed by atoms with Crippen molar-refractivity contribution in [2.75, 3.05) is 19.8 Å². The third-order valence-corrected chi connectivity index (χ3v) is 6.35. The Morgan fingerprint density at radius 3 is 2.43 bits per heavy atom. The Hall–Kier alpha value is -2.57. The molecule has 0 radical (unpaired) electrons. The van der Waals surface area contributed by atoms with Crippen molar-refractivity contribution in [3.8, 4) is 11.3 Å². The average molecular weight is 394 g/mol. The van der Waals surface area contributed by atoms with Gasteiger partial charge in [0.05, 0.1) is 0 Å². The molecule has 1 aromatic heterocycles. The SMILES string of the molecule is O=C(NCC1(Sc2ccccc2)CCOCC1)c1cc(-c2ccccc2)on1. The van der Waals surface area contributed by atoms with Gasteiger partial charge in [-0.3, -0.25) is 4.79 Å². The number of aromatic nitrogens is 1. The fourth-order valence-corrected chi connectivity index (χ4v) is 4.56. The lowest BCUT2D eigenvalue weighted by Gasteiger charge is -2.36. The minimum absolute atomic E-state index is 0.0821. The molecule has 1 fully saturated rings. The molecule has 0 aliphatic carbocycles. The lowest BCUT2D eigenvalue weighted by atomic mass is 9.99. The zero-order valence-electron chi connectivity index (χ0n) is 15.5. The molecule has 1 aliphatic heterocycles. The van der Waals surface area contributed by atoms with Crippen molar-refractivity contribution in [1.29, 1.82) is 0 Å². The number of rotatable bonds is 6. The fourth-order valence-electron chi connectivity index (χ4n) is 3.25. The number of ether oxygens (including phenoxy) is 1. The average Bonchev–Trinajstić information content (AvgIpc) is 3.25. The predicted octanol–water partition coefficient (Wildman–Crippen LogP) is 4.41. The first-order valence-corrected chi connectivity index (χ1v) is 10.2. The van der Waals surface area contributed by atoms with Gasteiger partial charge in [-0.2, -0.15) is 0 Å². The molecule has 2 aromatic carbocycles. The highest BCUT2D eigenvalue weighted by Crippen LogP contribution is 2.40. The molecule has 1 N–H and O–H groups in total. The van der Waals surface area contributed by atoms with Crippen LogP contribution in [0.4, 0.5) is 0 Å². The summed E-state index contributed by atoms with van der Waals surface area (Å²) < 4.78 is 10.8. The van der Waals surface area contributed by atoms with Crippen LogP contribution >= 0.6 is 11.8 Å². The fraction of sp³-hybridized carbons (Fsp3) is 0.273. The summed E-state index contributed by atoms with van der Waals surface area (Å²) in [5.41, 5.74) is 1.19. The first-order valence-electron chi connectivity index (χ1n) is 9.36. The summed E-state index contributed by atoms with van der Waals surface area (Å²) in [7, 11) is 0. The van der Waals surface area contributed by atoms with Crippen LogP contribution in [0.1, 0.15) is 23.3 Å². The van der Waals surface area contributed by atoms with Crippen LogP contribution in [-0.2, 0) is 4.74 Å². The van der Waals surface area contributed by atoms with Crippen molar-refractivity contribution >= 4 is 17.7 Å². The van der Waals surface area contributed by atoms with Gasteiger partial charge < -0.3 is 14.6 Å². The van der Waals surface area contributed by atoms with Gasteiger partial charge >= 0.3 is 0 Å². The number of amides is 1. The van der Waals surface area contributed by atoms with Crippen molar-refractivity contribution in [3.63, 3.8) is 0 Å². The monoisotopic (exact) mass is 394 g/mol. The Labute approximate surface area is 168 Å². The molecular weight excluding hydrogens is 372 g/mol. The minimum Gasteiger partial charge on any atom is -0.381 e. The molecule has 2 heterocycles. The Kier molecular flexibility index (Phi) is 5.78. The third-order valence-electron chi connectivity index (χ3n) is 4.85. The summed E-state index contributed by atoms with van der Waals surface area (Å²) in [6.07, 6.45) is 1.78. The summed E-state index contributed by atoms with van der Waals surface area (Å²) in [4.78, 5) is 13.9. The van der Waals surface area contributed by atoms with Gasteiger partial charge in [-0.25, -0.2) is 0 Å². The number of carbonyl (C=O) groups excluding carboxylic acids is 1. The van der Waals surface area contributed by atoms with E-state index < -0.39 is 0 Å². The molecule has 0 spiro atoms. The lowest BCUT2D eigenvalue weighted by Crippen LogP contribution is -2.44. The van der Waals surface area contributed by atoms with Crippen LogP contribution in [0, 0.1) is 0 Å². The van der Waals surface area contributed by atoms with Crippen molar-refractivity contribution in [2.24, 2.45) is 0 Å². The topological polar surface area (TPSA) is 64.4 Å². The van der Waals surface area contributed by atoms with Crippen LogP contribution in [0.15, 0.2) is 76.1 Å². The molecule has 3 aromatic rings. The van der Waals surface area contributed by atoms with Crippen molar-refractivity contribution < 1.29 is 14.1 Å². The van der Waals surface area contributed by atoms with E-state index in [1.807, 2.05) is 60.3 Å². The zero-order chi connectivity index (χ0) is 19.2. The quantitative estimate of drug-likeness (QED) is 0.671. The van der Waals surface area contributed by atoms with Gasteiger partial charge in [0.25, 0.3) is 5.91 Å². The minimum atomic E-state index is -0.217. The molecule has 0 bridgehead atoms. The molecule has 4 rings (SSSR count). The first kappa shape index (κ1) is 18.8. The maximum atomic E-state index is 12.7. The standard InChI is InChI=1S/C22H22N2O3S/c25-21(19-15-20(27-24-19)17-7-3-1-4-8-17)23-16-22(11-13-26-14-12-22)28-18-9-5-2-6-10-18/h1-10,15H,11-14,16H2,(H,23,25). The number of benzene rings is 2. The molecule has 5 nitrogen and oxygen atoms in total. The van der Waals surface area contributed by atoms with Gasteiger partial charge in [0, 0.05) is 41.0 Å². The van der Waals surface area contributed by atoms with Gasteiger partial charge in [-0.1, -0.05) is 53.7 Å². The molecule has 28 heavy (non-hydrogen) atoms. The molecule has 0 atom stereocenters. The normalized spacial score (nSPS) is 15.9. The number of thioether (sulfide) groups is 1. The van der Waals surface area contributed by atoms with E-state index in [2.05, 4.69) is 22.6 Å². The van der Waals surface area contributed by atoms with Crippen molar-refractivity contribution in [1.82, 2.24) is 10.5 Å². The Bertz CT molecular complexity index is 906. The lowest BCUT2D eigenvalue weighted by molar-refractivity contribution is 0.0739. The van der Waals surface area contributed by atoms with Gasteiger partial charge in [0.2, 0.25) is 0 Å². The third kappa shape index (κ3) is 4.46. The van der Waals surface area contributed by atoms with Gasteiger partial charge in [-0.05, 0) is 25.0 Å². The first-order chi connectivity index (χ1) is 13.7. The second kappa shape index (κ2) is 8.63. The van der Waals surface area contributed by atoms with Crippen LogP contribution in [0.25, 0.3) is 11.3 Å². The number of carbonyl (C=O) groups is 1. The van der Waals surface area contributed by atoms with E-state index in [1.54, 1.807) is 6.07 Å². The highest BCUT2D eigenvalue weighted by molar-refractivity contribution is 8.00. The number of hydrogen-bond acceptors (Lipinski definition) is 5. The number of nitrogens with one attached hydrogen (secondary N) is 1. The van der Waals surface area contributed by atoms with Crippen molar-refractivity contribution in [2.45, 2.75) is 22.5 Å². The molecule has 144 valence electrons. The maximum absolute atomic E-state index is 12.7. The second-order valence-corrected chi connectivity index (χ2v) is 8.38. The Morgan fingerprint density at radius 1 is 1.04 bits per heavy atom. The highest BCUT2D eigenvalue weighted by atomic mass is 32.2. The largest absolute Gasteiger partial charge is 0.381 e. The van der Waals surface area contributed by atoms with E-state index in [1.165, 1.54) is 4.90 Å². The van der Waals surface area contributed by atoms with E-state index in [-0.39, 0.29) is 10.7 Å². The summed E-state index contributed by atoms with van der Waals surface area (Å²) in [6, 6.07) is 21.6. The summed E-state index contributed by atoms with van der Waals surface area (Å²) in [5, 5.41) is 7.00. The van der Waals surface area contributed by atoms with Crippen LogP contribution in [0.2, 0.25) is 0 Å². The van der Waals surface area contributed by atoms with E-state index in [9.17, 15) is 4.79 Å². The molecule has 0 unspecified atom stereocenters. The van der Waals surface area contributed by atoms with E-state index >= 15 is 0 Å². The second-order valence-electron chi connectivity index (χ2n) is 6.84. The van der Waals surface area contributed by atoms with E-state index in [0.29, 0.717) is 31.2 Å². The van der Waals surface area contributed by atoms with Crippen LogP contribution in [0.5, 0.6) is 0 Å². The molecule has 1 saturated heterocycles. The van der Waals surface area contributed by atoms with Crippen LogP contribution in [0.3, 0.4) is 0 Å². The maximum Gasteiger partial charge on any atom is 0.273 e. The van der Waals surface area contributed by atoms with Crippen LogP contribution in [-0.4, -0.2) is 35.6 Å². The number of hydrogen-bond donors (Lipinski definition) is 1. The predicted molar refractivity (Wildman–Crippen MR) is 109 cm³/mol. The molecule has 6 heteroatoms. The van der Waals surface area contributed by atoms with Crippen molar-refractivity contribution in [3.05, 3.63) is 72.4 Å². The Balaban J connectivity index is 1.44. The highest BCUT2D eigenvalue weighted by Gasteiger charge is 2.34. The number of nitrogens with zero attached hydrogens (tertiary/aromatic N) is 1. The van der Waals surface area contributed by atoms with Gasteiger partial charge in [0.15, 0.2) is 11.5 Å². The van der Waals surface area contributed by atoms with Gasteiger partial charge in [-0.15, -0.1) is 11.8 Å². The van der Waals surface area contributed by atoms with E-state index in [4.69, 9.17) is 9.26 Å². The zero-order valence-corrected chi connectivity index (χ0v) is 16.3. The van der Waals surface area contributed by atoms with Crippen LogP contribution < -0.4 is 5.32 Å². The smallest absolute Gasteiger partial charge is 0.273 e. The Morgan fingerprint density at radius 2 is 1.71 bits per heavy atom.